The van der Waals surface area contributed by atoms with Gasteiger partial charge in [-0.15, -0.1) is 10.2 Å². The van der Waals surface area contributed by atoms with Gasteiger partial charge in [0.1, 0.15) is 16.5 Å². The molecule has 0 aliphatic carbocycles. The van der Waals surface area contributed by atoms with Crippen LogP contribution in [0.2, 0.25) is 5.02 Å². The molecule has 0 N–H and O–H groups in total. The van der Waals surface area contributed by atoms with Crippen molar-refractivity contribution in [3.63, 3.8) is 0 Å². The molecule has 2 aromatic carbocycles. The van der Waals surface area contributed by atoms with Crippen molar-refractivity contribution in [3.05, 3.63) is 59.2 Å². The van der Waals surface area contributed by atoms with E-state index in [2.05, 4.69) is 10.2 Å². The summed E-state index contributed by atoms with van der Waals surface area (Å²) in [6, 6.07) is 10.6. The Hall–Kier alpha value is -2.49. The second kappa shape index (κ2) is 8.33. The van der Waals surface area contributed by atoms with E-state index in [1.807, 2.05) is 0 Å². The lowest BCUT2D eigenvalue weighted by molar-refractivity contribution is 0.285. The monoisotopic (exact) mass is 451 g/mol. The van der Waals surface area contributed by atoms with Crippen LogP contribution in [0.1, 0.15) is 24.7 Å². The van der Waals surface area contributed by atoms with Crippen LogP contribution in [0.25, 0.3) is 11.5 Å². The molecule has 1 saturated heterocycles. The molecule has 30 heavy (non-hydrogen) atoms. The van der Waals surface area contributed by atoms with Gasteiger partial charge in [-0.05, 0) is 43.2 Å². The number of piperidine rings is 1. The van der Waals surface area contributed by atoms with Gasteiger partial charge in [-0.2, -0.15) is 4.31 Å². The van der Waals surface area contributed by atoms with Crippen LogP contribution >= 0.6 is 11.6 Å². The molecule has 0 amide bonds. The lowest BCUT2D eigenvalue weighted by atomic mass is 10.00. The molecule has 10 heteroatoms. The van der Waals surface area contributed by atoms with Crippen LogP contribution in [-0.4, -0.2) is 43.1 Å². The average molecular weight is 452 g/mol. The van der Waals surface area contributed by atoms with Gasteiger partial charge in [0.05, 0.1) is 18.6 Å². The van der Waals surface area contributed by atoms with Gasteiger partial charge in [-0.25, -0.2) is 12.8 Å². The summed E-state index contributed by atoms with van der Waals surface area (Å²) < 4.78 is 52.7. The Morgan fingerprint density at radius 2 is 2.03 bits per heavy atom. The summed E-state index contributed by atoms with van der Waals surface area (Å²) in [6.45, 7) is 0.514. The maximum atomic E-state index is 14.0. The number of aromatic nitrogens is 2. The molecule has 1 aromatic heterocycles. The fraction of sp³-hybridized carbons (Fsp3) is 0.300. The third kappa shape index (κ3) is 3.92. The first-order valence-electron chi connectivity index (χ1n) is 9.32. The van der Waals surface area contributed by atoms with Gasteiger partial charge >= 0.3 is 0 Å². The van der Waals surface area contributed by atoms with E-state index in [-0.39, 0.29) is 40.5 Å². The van der Waals surface area contributed by atoms with Crippen LogP contribution in [0.5, 0.6) is 5.75 Å². The molecule has 2 heterocycles. The van der Waals surface area contributed by atoms with E-state index in [1.165, 1.54) is 29.6 Å². The zero-order valence-corrected chi connectivity index (χ0v) is 17.7. The van der Waals surface area contributed by atoms with Crippen molar-refractivity contribution in [2.24, 2.45) is 0 Å². The molecular weight excluding hydrogens is 433 g/mol. The summed E-state index contributed by atoms with van der Waals surface area (Å²) in [7, 11) is -2.44. The van der Waals surface area contributed by atoms with Crippen LogP contribution < -0.4 is 4.74 Å². The van der Waals surface area contributed by atoms with Crippen molar-refractivity contribution in [2.75, 3.05) is 20.2 Å². The van der Waals surface area contributed by atoms with Gasteiger partial charge in [-0.3, -0.25) is 0 Å². The quantitative estimate of drug-likeness (QED) is 0.580. The molecule has 1 aliphatic heterocycles. The van der Waals surface area contributed by atoms with E-state index in [9.17, 15) is 12.8 Å². The standard InChI is InChI=1S/C20H19ClFN3O4S/c1-28-17-9-8-14(21)11-18(17)30(26,27)25-10-4-5-13(12-25)19-23-24-20(29-19)15-6-2-3-7-16(15)22/h2-3,6-9,11,13H,4-5,10,12H2,1H3. The van der Waals surface area contributed by atoms with E-state index in [4.69, 9.17) is 20.8 Å². The molecule has 0 spiro atoms. The van der Waals surface area contributed by atoms with E-state index < -0.39 is 15.8 Å². The van der Waals surface area contributed by atoms with Gasteiger partial charge < -0.3 is 9.15 Å². The average Bonchev–Trinajstić information content (AvgIpc) is 3.24. The van der Waals surface area contributed by atoms with Crippen molar-refractivity contribution >= 4 is 21.6 Å². The minimum atomic E-state index is -3.85. The summed E-state index contributed by atoms with van der Waals surface area (Å²) in [5.74, 6) is -0.188. The van der Waals surface area contributed by atoms with E-state index in [0.717, 1.165) is 0 Å². The van der Waals surface area contributed by atoms with Gasteiger partial charge in [0.25, 0.3) is 5.89 Å². The number of rotatable bonds is 5. The summed E-state index contributed by atoms with van der Waals surface area (Å²) in [5.41, 5.74) is 0.209. The van der Waals surface area contributed by atoms with Crippen molar-refractivity contribution in [1.29, 1.82) is 0 Å². The molecule has 158 valence electrons. The zero-order chi connectivity index (χ0) is 21.3. The predicted octanol–water partition coefficient (Wildman–Crippen LogP) is 4.11. The molecule has 4 rings (SSSR count). The first-order valence-corrected chi connectivity index (χ1v) is 11.1. The number of ether oxygens (including phenoxy) is 1. The molecule has 1 aliphatic rings. The van der Waals surface area contributed by atoms with Gasteiger partial charge in [-0.1, -0.05) is 23.7 Å². The molecule has 3 aromatic rings. The van der Waals surface area contributed by atoms with Crippen LogP contribution in [0.15, 0.2) is 51.8 Å². The van der Waals surface area contributed by atoms with E-state index in [1.54, 1.807) is 24.3 Å². The summed E-state index contributed by atoms with van der Waals surface area (Å²) in [5, 5.41) is 8.29. The second-order valence-electron chi connectivity index (χ2n) is 6.92. The van der Waals surface area contributed by atoms with Crippen molar-refractivity contribution in [1.82, 2.24) is 14.5 Å². The topological polar surface area (TPSA) is 85.5 Å². The van der Waals surface area contributed by atoms with Gasteiger partial charge in [0.15, 0.2) is 0 Å². The molecule has 0 radical (unpaired) electrons. The summed E-state index contributed by atoms with van der Waals surface area (Å²) >= 11 is 6.01. The second-order valence-corrected chi connectivity index (χ2v) is 9.27. The van der Waals surface area contributed by atoms with Crippen LogP contribution in [0.4, 0.5) is 4.39 Å². The van der Waals surface area contributed by atoms with Crippen molar-refractivity contribution < 1.29 is 22.0 Å². The number of nitrogens with zero attached hydrogens (tertiary/aromatic N) is 3. The Labute approximate surface area is 178 Å². The molecule has 1 unspecified atom stereocenters. The highest BCUT2D eigenvalue weighted by Gasteiger charge is 2.35. The number of hydrogen-bond acceptors (Lipinski definition) is 6. The summed E-state index contributed by atoms with van der Waals surface area (Å²) in [4.78, 5) is 0.00993. The highest BCUT2D eigenvalue weighted by Crippen LogP contribution is 2.35. The van der Waals surface area contributed by atoms with E-state index in [0.29, 0.717) is 24.4 Å². The van der Waals surface area contributed by atoms with E-state index >= 15 is 0 Å². The Kier molecular flexibility index (Phi) is 5.77. The largest absolute Gasteiger partial charge is 0.495 e. The Morgan fingerprint density at radius 3 is 2.80 bits per heavy atom. The fourth-order valence-electron chi connectivity index (χ4n) is 3.50. The molecule has 7 nitrogen and oxygen atoms in total. The van der Waals surface area contributed by atoms with Crippen molar-refractivity contribution in [3.8, 4) is 17.2 Å². The lowest BCUT2D eigenvalue weighted by Crippen LogP contribution is -2.39. The third-order valence-corrected chi connectivity index (χ3v) is 7.14. The Bertz CT molecular complexity index is 1170. The molecule has 0 saturated carbocycles. The number of hydrogen-bond donors (Lipinski definition) is 0. The van der Waals surface area contributed by atoms with Gasteiger partial charge in [0, 0.05) is 18.1 Å². The first kappa shape index (κ1) is 20.8. The van der Waals surface area contributed by atoms with Crippen LogP contribution in [-0.2, 0) is 10.0 Å². The highest BCUT2D eigenvalue weighted by atomic mass is 35.5. The molecule has 1 fully saturated rings. The van der Waals surface area contributed by atoms with Crippen LogP contribution in [0.3, 0.4) is 0 Å². The normalized spacial score (nSPS) is 17.8. The number of halogens is 2. The smallest absolute Gasteiger partial charge is 0.250 e. The maximum Gasteiger partial charge on any atom is 0.250 e. The third-order valence-electron chi connectivity index (χ3n) is 5.02. The Morgan fingerprint density at radius 1 is 1.23 bits per heavy atom. The number of methoxy groups -OCH3 is 1. The Balaban J connectivity index is 1.60. The summed E-state index contributed by atoms with van der Waals surface area (Å²) in [6.07, 6.45) is 1.29. The fourth-order valence-corrected chi connectivity index (χ4v) is 5.44. The zero-order valence-electron chi connectivity index (χ0n) is 16.1. The van der Waals surface area contributed by atoms with Crippen LogP contribution in [0, 0.1) is 5.82 Å². The van der Waals surface area contributed by atoms with Crippen molar-refractivity contribution in [2.45, 2.75) is 23.7 Å². The predicted molar refractivity (Wildman–Crippen MR) is 108 cm³/mol. The van der Waals surface area contributed by atoms with Gasteiger partial charge in [0.2, 0.25) is 15.9 Å². The number of benzene rings is 2. The highest BCUT2D eigenvalue weighted by molar-refractivity contribution is 7.89. The molecule has 0 bridgehead atoms. The first-order chi connectivity index (χ1) is 14.4. The number of sulfonamides is 1. The molecule has 1 atom stereocenters. The lowest BCUT2D eigenvalue weighted by Gasteiger charge is -2.30. The molecular formula is C20H19ClFN3O4S. The SMILES string of the molecule is COc1ccc(Cl)cc1S(=O)(=O)N1CCCC(c2nnc(-c3ccccc3F)o2)C1. The minimum Gasteiger partial charge on any atom is -0.495 e. The minimum absolute atomic E-state index is 0.00993. The maximum absolute atomic E-state index is 14.0.